The lowest BCUT2D eigenvalue weighted by Gasteiger charge is -2.07. The second-order valence-corrected chi connectivity index (χ2v) is 5.24. The number of aliphatic carboxylic acids is 1. The standard InChI is InChI=1S/C12H11ClFN3O2S/c1-2-17-11(8-4-3-7(13)5-9(8)14)15-16-12(17)20-6-10(18)19/h3-5H,2,6H2,1H3,(H,18,19). The Morgan fingerprint density at radius 3 is 2.85 bits per heavy atom. The SMILES string of the molecule is CCn1c(SCC(=O)O)nnc1-c1ccc(Cl)cc1F. The highest BCUT2D eigenvalue weighted by molar-refractivity contribution is 7.99. The fourth-order valence-electron chi connectivity index (χ4n) is 1.68. The van der Waals surface area contributed by atoms with Crippen LogP contribution in [0.4, 0.5) is 4.39 Å². The fraction of sp³-hybridized carbons (Fsp3) is 0.250. The van der Waals surface area contributed by atoms with Crippen LogP contribution < -0.4 is 0 Å². The molecule has 1 aromatic carbocycles. The van der Waals surface area contributed by atoms with Gasteiger partial charge in [-0.25, -0.2) is 4.39 Å². The van der Waals surface area contributed by atoms with E-state index in [0.717, 1.165) is 11.8 Å². The molecule has 2 aromatic rings. The van der Waals surface area contributed by atoms with Crippen LogP contribution in [-0.4, -0.2) is 31.6 Å². The number of halogens is 2. The van der Waals surface area contributed by atoms with Crippen LogP contribution in [0.1, 0.15) is 6.92 Å². The minimum atomic E-state index is -0.945. The second kappa shape index (κ2) is 6.23. The van der Waals surface area contributed by atoms with E-state index in [1.54, 1.807) is 10.6 Å². The van der Waals surface area contributed by atoms with Crippen LogP contribution in [0.5, 0.6) is 0 Å². The van der Waals surface area contributed by atoms with E-state index < -0.39 is 11.8 Å². The number of rotatable bonds is 5. The highest BCUT2D eigenvalue weighted by atomic mass is 35.5. The quantitative estimate of drug-likeness (QED) is 0.859. The summed E-state index contributed by atoms with van der Waals surface area (Å²) in [5.74, 6) is -1.20. The Morgan fingerprint density at radius 2 is 2.25 bits per heavy atom. The van der Waals surface area contributed by atoms with Gasteiger partial charge >= 0.3 is 5.97 Å². The lowest BCUT2D eigenvalue weighted by Crippen LogP contribution is -2.03. The maximum atomic E-state index is 13.9. The van der Waals surface area contributed by atoms with Crippen molar-refractivity contribution in [3.8, 4) is 11.4 Å². The maximum Gasteiger partial charge on any atom is 0.313 e. The van der Waals surface area contributed by atoms with Gasteiger partial charge in [0.2, 0.25) is 0 Å². The Morgan fingerprint density at radius 1 is 1.50 bits per heavy atom. The van der Waals surface area contributed by atoms with Crippen molar-refractivity contribution in [1.29, 1.82) is 0 Å². The van der Waals surface area contributed by atoms with E-state index in [9.17, 15) is 9.18 Å². The van der Waals surface area contributed by atoms with Crippen LogP contribution in [0, 0.1) is 5.82 Å². The molecule has 20 heavy (non-hydrogen) atoms. The summed E-state index contributed by atoms with van der Waals surface area (Å²) < 4.78 is 15.6. The molecule has 0 saturated carbocycles. The zero-order valence-electron chi connectivity index (χ0n) is 10.5. The van der Waals surface area contributed by atoms with Crippen molar-refractivity contribution in [2.75, 3.05) is 5.75 Å². The van der Waals surface area contributed by atoms with Crippen molar-refractivity contribution in [3.63, 3.8) is 0 Å². The fourth-order valence-corrected chi connectivity index (χ4v) is 2.56. The Kier molecular flexibility index (Phi) is 4.61. The molecule has 106 valence electrons. The highest BCUT2D eigenvalue weighted by Crippen LogP contribution is 2.27. The average Bonchev–Trinajstić information content (AvgIpc) is 2.79. The predicted octanol–water partition coefficient (Wildman–Crippen LogP) is 2.93. The van der Waals surface area contributed by atoms with Crippen LogP contribution in [0.15, 0.2) is 23.4 Å². The van der Waals surface area contributed by atoms with E-state index in [2.05, 4.69) is 10.2 Å². The topological polar surface area (TPSA) is 68.0 Å². The van der Waals surface area contributed by atoms with E-state index in [0.29, 0.717) is 22.5 Å². The molecule has 1 aromatic heterocycles. The zero-order valence-corrected chi connectivity index (χ0v) is 12.1. The summed E-state index contributed by atoms with van der Waals surface area (Å²) in [5.41, 5.74) is 0.283. The average molecular weight is 316 g/mol. The molecule has 0 aliphatic heterocycles. The lowest BCUT2D eigenvalue weighted by molar-refractivity contribution is -0.133. The normalized spacial score (nSPS) is 10.8. The van der Waals surface area contributed by atoms with Gasteiger partial charge in [-0.1, -0.05) is 23.4 Å². The smallest absolute Gasteiger partial charge is 0.313 e. The third kappa shape index (κ3) is 3.10. The summed E-state index contributed by atoms with van der Waals surface area (Å²) in [5, 5.41) is 17.3. The molecule has 0 saturated heterocycles. The van der Waals surface area contributed by atoms with Crippen LogP contribution in [0.2, 0.25) is 5.02 Å². The number of carboxylic acid groups (broad SMARTS) is 1. The molecule has 1 heterocycles. The van der Waals surface area contributed by atoms with Gasteiger partial charge in [-0.2, -0.15) is 0 Å². The first-order valence-electron chi connectivity index (χ1n) is 5.76. The molecule has 8 heteroatoms. The molecule has 5 nitrogen and oxygen atoms in total. The molecular formula is C12H11ClFN3O2S. The Balaban J connectivity index is 2.39. The molecule has 0 unspecified atom stereocenters. The van der Waals surface area contributed by atoms with Gasteiger partial charge in [0.15, 0.2) is 11.0 Å². The lowest BCUT2D eigenvalue weighted by atomic mass is 10.2. The van der Waals surface area contributed by atoms with Crippen LogP contribution in [0.3, 0.4) is 0 Å². The molecule has 0 bridgehead atoms. The molecule has 0 amide bonds. The molecule has 0 fully saturated rings. The highest BCUT2D eigenvalue weighted by Gasteiger charge is 2.17. The predicted molar refractivity (Wildman–Crippen MR) is 74.5 cm³/mol. The number of carboxylic acids is 1. The first-order chi connectivity index (χ1) is 9.52. The van der Waals surface area contributed by atoms with Crippen molar-refractivity contribution in [2.45, 2.75) is 18.6 Å². The van der Waals surface area contributed by atoms with Gasteiger partial charge in [-0.3, -0.25) is 4.79 Å². The summed E-state index contributed by atoms with van der Waals surface area (Å²) in [6, 6.07) is 4.30. The number of hydrogen-bond acceptors (Lipinski definition) is 4. The molecule has 1 N–H and O–H groups in total. The van der Waals surface area contributed by atoms with Crippen molar-refractivity contribution < 1.29 is 14.3 Å². The summed E-state index contributed by atoms with van der Waals surface area (Å²) in [6.07, 6.45) is 0. The molecule has 2 rings (SSSR count). The summed E-state index contributed by atoms with van der Waals surface area (Å²) in [7, 11) is 0. The third-order valence-electron chi connectivity index (χ3n) is 2.53. The summed E-state index contributed by atoms with van der Waals surface area (Å²) >= 11 is 6.76. The van der Waals surface area contributed by atoms with Gasteiger partial charge < -0.3 is 9.67 Å². The van der Waals surface area contributed by atoms with Crippen LogP contribution in [-0.2, 0) is 11.3 Å². The van der Waals surface area contributed by atoms with E-state index in [1.165, 1.54) is 12.1 Å². The first-order valence-corrected chi connectivity index (χ1v) is 7.12. The maximum absolute atomic E-state index is 13.9. The molecule has 0 aliphatic carbocycles. The molecular weight excluding hydrogens is 305 g/mol. The van der Waals surface area contributed by atoms with Gasteiger partial charge in [-0.05, 0) is 25.1 Å². The van der Waals surface area contributed by atoms with E-state index in [1.807, 2.05) is 6.92 Å². The molecule has 0 spiro atoms. The van der Waals surface area contributed by atoms with Gasteiger partial charge in [0.1, 0.15) is 5.82 Å². The number of benzene rings is 1. The number of carbonyl (C=O) groups is 1. The van der Waals surface area contributed by atoms with Crippen molar-refractivity contribution in [1.82, 2.24) is 14.8 Å². The van der Waals surface area contributed by atoms with Gasteiger partial charge in [0, 0.05) is 11.6 Å². The number of nitrogens with zero attached hydrogens (tertiary/aromatic N) is 3. The summed E-state index contributed by atoms with van der Waals surface area (Å²) in [4.78, 5) is 10.6. The first kappa shape index (κ1) is 14.8. The second-order valence-electron chi connectivity index (χ2n) is 3.86. The zero-order chi connectivity index (χ0) is 14.7. The van der Waals surface area contributed by atoms with Crippen molar-refractivity contribution in [2.24, 2.45) is 0 Å². The van der Waals surface area contributed by atoms with Gasteiger partial charge in [-0.15, -0.1) is 10.2 Å². The van der Waals surface area contributed by atoms with E-state index >= 15 is 0 Å². The largest absolute Gasteiger partial charge is 0.481 e. The Labute approximate surface area is 123 Å². The van der Waals surface area contributed by atoms with Crippen LogP contribution in [0.25, 0.3) is 11.4 Å². The number of hydrogen-bond donors (Lipinski definition) is 1. The van der Waals surface area contributed by atoms with Crippen molar-refractivity contribution in [3.05, 3.63) is 29.0 Å². The molecule has 0 radical (unpaired) electrons. The Hall–Kier alpha value is -1.60. The van der Waals surface area contributed by atoms with Crippen molar-refractivity contribution >= 4 is 29.3 Å². The third-order valence-corrected chi connectivity index (χ3v) is 3.72. The monoisotopic (exact) mass is 315 g/mol. The molecule has 0 atom stereocenters. The van der Waals surface area contributed by atoms with Crippen LogP contribution >= 0.6 is 23.4 Å². The summed E-state index contributed by atoms with van der Waals surface area (Å²) in [6.45, 7) is 2.36. The number of aromatic nitrogens is 3. The van der Waals surface area contributed by atoms with Gasteiger partial charge in [0.05, 0.1) is 11.3 Å². The molecule has 0 aliphatic rings. The van der Waals surface area contributed by atoms with E-state index in [-0.39, 0.29) is 11.3 Å². The van der Waals surface area contributed by atoms with E-state index in [4.69, 9.17) is 16.7 Å². The minimum absolute atomic E-state index is 0.124. The van der Waals surface area contributed by atoms with Gasteiger partial charge in [0.25, 0.3) is 0 Å². The Bertz CT molecular complexity index is 648. The minimum Gasteiger partial charge on any atom is -0.481 e. The number of thioether (sulfide) groups is 1.